The lowest BCUT2D eigenvalue weighted by molar-refractivity contribution is 0.307. The first-order chi connectivity index (χ1) is 7.54. The van der Waals surface area contributed by atoms with Crippen molar-refractivity contribution in [3.05, 3.63) is 11.7 Å². The van der Waals surface area contributed by atoms with Crippen LogP contribution in [-0.2, 0) is 6.42 Å². The van der Waals surface area contributed by atoms with Gasteiger partial charge in [0.05, 0.1) is 6.04 Å². The van der Waals surface area contributed by atoms with Crippen molar-refractivity contribution in [1.29, 1.82) is 0 Å². The van der Waals surface area contributed by atoms with E-state index < -0.39 is 0 Å². The third-order valence-electron chi connectivity index (χ3n) is 2.79. The number of nitrogens with one attached hydrogen (secondary N) is 1. The molecule has 2 rings (SSSR count). The predicted octanol–water partition coefficient (Wildman–Crippen LogP) is 2.47. The van der Waals surface area contributed by atoms with E-state index in [1.165, 1.54) is 12.8 Å². The van der Waals surface area contributed by atoms with Gasteiger partial charge in [-0.3, -0.25) is 0 Å². The Balaban J connectivity index is 2.01. The van der Waals surface area contributed by atoms with Crippen LogP contribution >= 0.6 is 0 Å². The molecule has 4 nitrogen and oxygen atoms in total. The molecule has 1 unspecified atom stereocenters. The number of hydrogen-bond donors (Lipinski definition) is 1. The molecule has 1 aromatic heterocycles. The topological polar surface area (TPSA) is 51.0 Å². The lowest BCUT2D eigenvalue weighted by Gasteiger charge is -2.19. The molecule has 0 radical (unpaired) electrons. The fourth-order valence-electron chi connectivity index (χ4n) is 2.01. The molecule has 0 amide bonds. The molecule has 1 aromatic rings. The average Bonchev–Trinajstić information content (AvgIpc) is 2.65. The smallest absolute Gasteiger partial charge is 0.227 e. The van der Waals surface area contributed by atoms with E-state index in [9.17, 15) is 0 Å². The van der Waals surface area contributed by atoms with Gasteiger partial charge in [-0.25, -0.2) is 0 Å². The third kappa shape index (κ3) is 3.04. The van der Waals surface area contributed by atoms with E-state index in [-0.39, 0.29) is 5.41 Å². The van der Waals surface area contributed by atoms with Gasteiger partial charge in [-0.15, -0.1) is 0 Å². The highest BCUT2D eigenvalue weighted by molar-refractivity contribution is 4.96. The summed E-state index contributed by atoms with van der Waals surface area (Å²) in [6, 6.07) is 0.297. The van der Waals surface area contributed by atoms with E-state index in [4.69, 9.17) is 4.52 Å². The van der Waals surface area contributed by atoms with Gasteiger partial charge >= 0.3 is 0 Å². The van der Waals surface area contributed by atoms with Crippen molar-refractivity contribution < 1.29 is 4.52 Å². The number of nitrogens with zero attached hydrogens (tertiary/aromatic N) is 2. The van der Waals surface area contributed by atoms with Crippen molar-refractivity contribution in [2.45, 2.75) is 52.5 Å². The van der Waals surface area contributed by atoms with Crippen molar-refractivity contribution in [3.63, 3.8) is 0 Å². The second-order valence-corrected chi connectivity index (χ2v) is 5.79. The van der Waals surface area contributed by atoms with Crippen LogP contribution in [0.25, 0.3) is 0 Å². The minimum Gasteiger partial charge on any atom is -0.339 e. The van der Waals surface area contributed by atoms with Gasteiger partial charge in [-0.2, -0.15) is 4.98 Å². The summed E-state index contributed by atoms with van der Waals surface area (Å²) >= 11 is 0. The molecule has 4 heteroatoms. The summed E-state index contributed by atoms with van der Waals surface area (Å²) < 4.78 is 5.29. The van der Waals surface area contributed by atoms with Crippen molar-refractivity contribution in [2.75, 3.05) is 6.54 Å². The van der Waals surface area contributed by atoms with Gasteiger partial charge in [0.25, 0.3) is 0 Å². The fraction of sp³-hybridized carbons (Fsp3) is 0.833. The van der Waals surface area contributed by atoms with Crippen LogP contribution in [0.2, 0.25) is 0 Å². The number of aromatic nitrogens is 2. The molecule has 0 aliphatic carbocycles. The van der Waals surface area contributed by atoms with Crippen molar-refractivity contribution in [2.24, 2.45) is 5.41 Å². The van der Waals surface area contributed by atoms with E-state index >= 15 is 0 Å². The highest BCUT2D eigenvalue weighted by Crippen LogP contribution is 2.23. The molecular weight excluding hydrogens is 202 g/mol. The van der Waals surface area contributed by atoms with Crippen LogP contribution in [0.15, 0.2) is 4.52 Å². The zero-order valence-corrected chi connectivity index (χ0v) is 10.4. The highest BCUT2D eigenvalue weighted by Gasteiger charge is 2.22. The van der Waals surface area contributed by atoms with Crippen molar-refractivity contribution in [3.8, 4) is 0 Å². The van der Waals surface area contributed by atoms with Gasteiger partial charge in [0.1, 0.15) is 0 Å². The molecule has 2 heterocycles. The summed E-state index contributed by atoms with van der Waals surface area (Å²) in [6.07, 6.45) is 4.46. The maximum absolute atomic E-state index is 5.29. The van der Waals surface area contributed by atoms with E-state index in [1.54, 1.807) is 0 Å². The summed E-state index contributed by atoms with van der Waals surface area (Å²) in [7, 11) is 0. The molecular formula is C12H21N3O. The fourth-order valence-corrected chi connectivity index (χ4v) is 2.01. The van der Waals surface area contributed by atoms with Crippen LogP contribution in [0, 0.1) is 5.41 Å². The first-order valence-corrected chi connectivity index (χ1v) is 6.10. The number of hydrogen-bond acceptors (Lipinski definition) is 4. The number of piperidine rings is 1. The molecule has 1 atom stereocenters. The van der Waals surface area contributed by atoms with Crippen molar-refractivity contribution in [1.82, 2.24) is 15.5 Å². The summed E-state index contributed by atoms with van der Waals surface area (Å²) in [4.78, 5) is 4.48. The van der Waals surface area contributed by atoms with E-state index in [2.05, 4.69) is 36.2 Å². The third-order valence-corrected chi connectivity index (χ3v) is 2.79. The molecule has 0 bridgehead atoms. The highest BCUT2D eigenvalue weighted by atomic mass is 16.5. The first-order valence-electron chi connectivity index (χ1n) is 6.10. The zero-order chi connectivity index (χ0) is 11.6. The van der Waals surface area contributed by atoms with Gasteiger partial charge in [-0.05, 0) is 24.8 Å². The van der Waals surface area contributed by atoms with Gasteiger partial charge in [-0.1, -0.05) is 32.3 Å². The minimum atomic E-state index is 0.198. The summed E-state index contributed by atoms with van der Waals surface area (Å²) in [5.41, 5.74) is 0.198. The molecule has 0 aromatic carbocycles. The van der Waals surface area contributed by atoms with Gasteiger partial charge in [0, 0.05) is 6.42 Å². The second kappa shape index (κ2) is 4.53. The normalized spacial score (nSPS) is 22.3. The SMILES string of the molecule is CC(C)(C)Cc1nc(C2CCCCN2)no1. The largest absolute Gasteiger partial charge is 0.339 e. The summed E-state index contributed by atoms with van der Waals surface area (Å²) in [5, 5.41) is 7.50. The van der Waals surface area contributed by atoms with E-state index in [0.717, 1.165) is 31.1 Å². The Morgan fingerprint density at radius 2 is 2.19 bits per heavy atom. The van der Waals surface area contributed by atoms with Gasteiger partial charge < -0.3 is 9.84 Å². The lowest BCUT2D eigenvalue weighted by atomic mass is 9.92. The standard InChI is InChI=1S/C12H21N3O/c1-12(2,3)8-10-14-11(15-16-10)9-6-4-5-7-13-9/h9,13H,4-8H2,1-3H3. The Hall–Kier alpha value is -0.900. The quantitative estimate of drug-likeness (QED) is 0.836. The summed E-state index contributed by atoms with van der Waals surface area (Å²) in [5.74, 6) is 1.59. The first kappa shape index (κ1) is 11.6. The van der Waals surface area contributed by atoms with Crippen LogP contribution < -0.4 is 5.32 Å². The Kier molecular flexibility index (Phi) is 3.28. The number of rotatable bonds is 2. The molecule has 1 fully saturated rings. The van der Waals surface area contributed by atoms with E-state index in [1.807, 2.05) is 0 Å². The van der Waals surface area contributed by atoms with Crippen LogP contribution in [0.3, 0.4) is 0 Å². The molecule has 90 valence electrons. The Morgan fingerprint density at radius 3 is 2.81 bits per heavy atom. The van der Waals surface area contributed by atoms with Gasteiger partial charge in [0.2, 0.25) is 5.89 Å². The molecule has 1 N–H and O–H groups in total. The monoisotopic (exact) mass is 223 g/mol. The second-order valence-electron chi connectivity index (χ2n) is 5.79. The summed E-state index contributed by atoms with van der Waals surface area (Å²) in [6.45, 7) is 7.59. The van der Waals surface area contributed by atoms with Gasteiger partial charge in [0.15, 0.2) is 5.82 Å². The van der Waals surface area contributed by atoms with Crippen molar-refractivity contribution >= 4 is 0 Å². The van der Waals surface area contributed by atoms with Crippen LogP contribution in [0.5, 0.6) is 0 Å². The molecule has 0 spiro atoms. The lowest BCUT2D eigenvalue weighted by Crippen LogP contribution is -2.27. The Morgan fingerprint density at radius 1 is 1.38 bits per heavy atom. The maximum Gasteiger partial charge on any atom is 0.227 e. The molecule has 0 saturated carbocycles. The molecule has 1 aliphatic rings. The predicted molar refractivity (Wildman–Crippen MR) is 62.1 cm³/mol. The Labute approximate surface area is 96.8 Å². The maximum atomic E-state index is 5.29. The molecule has 1 aliphatic heterocycles. The zero-order valence-electron chi connectivity index (χ0n) is 10.4. The van der Waals surface area contributed by atoms with Crippen LogP contribution in [0.4, 0.5) is 0 Å². The van der Waals surface area contributed by atoms with Crippen LogP contribution in [0.1, 0.15) is 57.8 Å². The Bertz CT molecular complexity index is 334. The van der Waals surface area contributed by atoms with E-state index in [0.29, 0.717) is 6.04 Å². The average molecular weight is 223 g/mol. The molecule has 16 heavy (non-hydrogen) atoms. The van der Waals surface area contributed by atoms with Crippen LogP contribution in [-0.4, -0.2) is 16.7 Å². The molecule has 1 saturated heterocycles. The minimum absolute atomic E-state index is 0.198.